The van der Waals surface area contributed by atoms with Gasteiger partial charge >= 0.3 is 0 Å². The van der Waals surface area contributed by atoms with Gasteiger partial charge in [-0.15, -0.1) is 45.3 Å². The number of hydrogen-bond donors (Lipinski definition) is 0. The van der Waals surface area contributed by atoms with E-state index in [2.05, 4.69) is 81.6 Å². The fraction of sp³-hybridized carbons (Fsp3) is 0.125. The lowest BCUT2D eigenvalue weighted by Crippen LogP contribution is -2.15. The Balaban J connectivity index is 0.941. The number of nitrogens with zero attached hydrogens (tertiary/aromatic N) is 8. The van der Waals surface area contributed by atoms with E-state index in [1.165, 1.54) is 72.7 Å². The first-order valence-electron chi connectivity index (χ1n) is 19.3. The summed E-state index contributed by atoms with van der Waals surface area (Å²) < 4.78 is 23.6. The standard InChI is InChI=1S/C48H24N8S6/c1-47(2)31-11-25-13-35(27-7-5-23(9-21(17-49)18-50)39-41(27)55-61-53-39)57-33(25)15-29(31)43-37(47)45-46(59-43)38-44(60-45)30-16-34-26(12-32(30)48(38,3)4)14-36(58-34)28-8-6-24(10-22(19-51)20-52)40-42(28)56-62-54-40/h5-16H,1-4H3. The van der Waals surface area contributed by atoms with Crippen LogP contribution in [0.15, 0.2) is 71.8 Å². The second-order valence-corrected chi connectivity index (χ2v) is 21.8. The van der Waals surface area contributed by atoms with Crippen LogP contribution in [0.5, 0.6) is 0 Å². The van der Waals surface area contributed by atoms with E-state index in [-0.39, 0.29) is 22.0 Å². The predicted octanol–water partition coefficient (Wildman–Crippen LogP) is 14.2. The van der Waals surface area contributed by atoms with Gasteiger partial charge in [0.1, 0.15) is 57.5 Å². The molecule has 12 rings (SSSR count). The number of aromatic nitrogens is 4. The van der Waals surface area contributed by atoms with Gasteiger partial charge in [0.25, 0.3) is 0 Å². The molecule has 0 saturated heterocycles. The summed E-state index contributed by atoms with van der Waals surface area (Å²) in [5.74, 6) is 0. The van der Waals surface area contributed by atoms with Gasteiger partial charge in [0.15, 0.2) is 0 Å². The van der Waals surface area contributed by atoms with E-state index >= 15 is 0 Å². The minimum Gasteiger partial charge on any atom is -0.192 e. The van der Waals surface area contributed by atoms with E-state index in [1.54, 1.807) is 34.8 Å². The fourth-order valence-electron chi connectivity index (χ4n) is 9.46. The zero-order valence-electron chi connectivity index (χ0n) is 33.0. The Kier molecular flexibility index (Phi) is 7.84. The Labute approximate surface area is 378 Å². The van der Waals surface area contributed by atoms with Gasteiger partial charge in [0, 0.05) is 62.0 Å². The lowest BCUT2D eigenvalue weighted by atomic mass is 9.81. The van der Waals surface area contributed by atoms with Crippen LogP contribution in [0.3, 0.4) is 0 Å². The summed E-state index contributed by atoms with van der Waals surface area (Å²) in [5.41, 5.74) is 14.3. The van der Waals surface area contributed by atoms with Crippen LogP contribution in [-0.4, -0.2) is 17.5 Å². The second kappa shape index (κ2) is 13.0. The van der Waals surface area contributed by atoms with Crippen molar-refractivity contribution in [2.45, 2.75) is 38.5 Å². The Bertz CT molecular complexity index is 3650. The molecule has 62 heavy (non-hydrogen) atoms. The number of benzene rings is 4. The monoisotopic (exact) mass is 904 g/mol. The summed E-state index contributed by atoms with van der Waals surface area (Å²) in [5, 5.41) is 39.8. The Morgan fingerprint density at radius 1 is 0.500 bits per heavy atom. The first-order valence-corrected chi connectivity index (χ1v) is 24.1. The van der Waals surface area contributed by atoms with E-state index in [4.69, 9.17) is 0 Å². The van der Waals surface area contributed by atoms with Crippen molar-refractivity contribution in [3.05, 3.63) is 105 Å². The molecule has 0 bridgehead atoms. The van der Waals surface area contributed by atoms with Crippen molar-refractivity contribution < 1.29 is 0 Å². The maximum absolute atomic E-state index is 9.35. The molecule has 0 N–H and O–H groups in total. The van der Waals surface area contributed by atoms with Gasteiger partial charge < -0.3 is 0 Å². The van der Waals surface area contributed by atoms with Crippen molar-refractivity contribution in [1.82, 2.24) is 17.5 Å². The molecule has 0 spiro atoms. The largest absolute Gasteiger partial charge is 0.192 e. The molecule has 0 atom stereocenters. The van der Waals surface area contributed by atoms with E-state index in [0.29, 0.717) is 22.2 Å². The molecule has 0 amide bonds. The summed E-state index contributed by atoms with van der Waals surface area (Å²) >= 11 is 9.71. The van der Waals surface area contributed by atoms with Crippen molar-refractivity contribution in [3.8, 4) is 66.0 Å². The van der Waals surface area contributed by atoms with Gasteiger partial charge in [-0.2, -0.15) is 38.5 Å². The van der Waals surface area contributed by atoms with Crippen LogP contribution in [-0.2, 0) is 10.8 Å². The first kappa shape index (κ1) is 37.3. The van der Waals surface area contributed by atoms with Crippen LogP contribution in [0.1, 0.15) is 61.1 Å². The SMILES string of the molecule is CC1(C)c2cc3cc(-c4ccc(C=C(C#N)C#N)c5nsnc45)sc3cc2-c2sc3c4c(sc3c21)-c1cc2sc(-c3ccc(C=C(C#N)C#N)c5nsnc35)cc2cc1C4(C)C. The zero-order chi connectivity index (χ0) is 42.4. The van der Waals surface area contributed by atoms with Crippen LogP contribution in [0, 0.1) is 45.3 Å². The molecule has 10 aromatic rings. The summed E-state index contributed by atoms with van der Waals surface area (Å²) in [7, 11) is 0. The van der Waals surface area contributed by atoms with Crippen molar-refractivity contribution in [3.63, 3.8) is 0 Å². The van der Waals surface area contributed by atoms with Gasteiger partial charge in [0.2, 0.25) is 0 Å². The number of nitriles is 4. The molecule has 8 nitrogen and oxygen atoms in total. The number of allylic oxidation sites excluding steroid dienone is 2. The maximum Gasteiger partial charge on any atom is 0.130 e. The first-order chi connectivity index (χ1) is 30.0. The van der Waals surface area contributed by atoms with Gasteiger partial charge in [-0.05, 0) is 92.7 Å². The molecule has 0 radical (unpaired) electrons. The molecule has 4 aromatic carbocycles. The molecule has 6 aromatic heterocycles. The van der Waals surface area contributed by atoms with Crippen LogP contribution >= 0.6 is 68.8 Å². The number of rotatable bonds is 4. The quantitative estimate of drug-likeness (QED) is 0.159. The van der Waals surface area contributed by atoms with Crippen molar-refractivity contribution in [2.24, 2.45) is 0 Å². The molecule has 0 aliphatic heterocycles. The van der Waals surface area contributed by atoms with Crippen LogP contribution in [0.4, 0.5) is 0 Å². The molecule has 2 aliphatic rings. The summed E-state index contributed by atoms with van der Waals surface area (Å²) in [6.45, 7) is 9.50. The molecule has 2 aliphatic carbocycles. The maximum atomic E-state index is 9.35. The topological polar surface area (TPSA) is 147 Å². The van der Waals surface area contributed by atoms with E-state index in [0.717, 1.165) is 55.4 Å². The van der Waals surface area contributed by atoms with Gasteiger partial charge in [-0.3, -0.25) is 0 Å². The van der Waals surface area contributed by atoms with E-state index in [1.807, 2.05) is 71.2 Å². The Morgan fingerprint density at radius 3 is 1.31 bits per heavy atom. The molecular formula is C48H24N8S6. The van der Waals surface area contributed by atoms with Gasteiger partial charge in [0.05, 0.1) is 32.9 Å². The molecule has 6 heterocycles. The number of fused-ring (bicyclic) bond motifs is 13. The van der Waals surface area contributed by atoms with Crippen LogP contribution in [0.2, 0.25) is 0 Å². The average Bonchev–Trinajstić information content (AvgIpc) is 4.13. The normalized spacial score (nSPS) is 14.0. The minimum atomic E-state index is -0.192. The highest BCUT2D eigenvalue weighted by molar-refractivity contribution is 7.32. The van der Waals surface area contributed by atoms with Gasteiger partial charge in [-0.1, -0.05) is 52.0 Å². The lowest BCUT2D eigenvalue weighted by Gasteiger charge is -2.22. The summed E-state index contributed by atoms with van der Waals surface area (Å²) in [4.78, 5) is 4.96. The predicted molar refractivity (Wildman–Crippen MR) is 257 cm³/mol. The number of thiophene rings is 4. The fourth-order valence-corrected chi connectivity index (χ4v) is 16.4. The Hall–Kier alpha value is -6.46. The molecule has 0 unspecified atom stereocenters. The minimum absolute atomic E-state index is 0.0344. The van der Waals surface area contributed by atoms with Gasteiger partial charge in [-0.25, -0.2) is 0 Å². The van der Waals surface area contributed by atoms with E-state index in [9.17, 15) is 21.0 Å². The Morgan fingerprint density at radius 2 is 0.903 bits per heavy atom. The molecule has 14 heteroatoms. The van der Waals surface area contributed by atoms with Crippen molar-refractivity contribution in [2.75, 3.05) is 0 Å². The summed E-state index contributed by atoms with van der Waals surface area (Å²) in [6.07, 6.45) is 3.16. The van der Waals surface area contributed by atoms with E-state index < -0.39 is 0 Å². The molecule has 0 fully saturated rings. The number of hydrogen-bond acceptors (Lipinski definition) is 14. The van der Waals surface area contributed by atoms with Crippen LogP contribution < -0.4 is 0 Å². The van der Waals surface area contributed by atoms with Crippen molar-refractivity contribution in [1.29, 1.82) is 21.0 Å². The highest BCUT2D eigenvalue weighted by atomic mass is 32.1. The molecule has 292 valence electrons. The summed E-state index contributed by atoms with van der Waals surface area (Å²) in [6, 6.07) is 29.8. The van der Waals surface area contributed by atoms with Crippen LogP contribution in [0.25, 0.3) is 106 Å². The third-order valence-electron chi connectivity index (χ3n) is 12.4. The smallest absolute Gasteiger partial charge is 0.130 e. The highest BCUT2D eigenvalue weighted by Crippen LogP contribution is 2.64. The molecule has 0 saturated carbocycles. The molecular weight excluding hydrogens is 881 g/mol. The average molecular weight is 905 g/mol. The highest BCUT2D eigenvalue weighted by Gasteiger charge is 2.45. The third kappa shape index (κ3) is 5.02. The zero-order valence-corrected chi connectivity index (χ0v) is 37.9. The lowest BCUT2D eigenvalue weighted by molar-refractivity contribution is 0.666. The second-order valence-electron chi connectivity index (χ2n) is 16.5. The third-order valence-corrected chi connectivity index (χ3v) is 18.4. The van der Waals surface area contributed by atoms with Crippen molar-refractivity contribution >= 4 is 133 Å².